The average molecular weight is 613 g/mol. The maximum atomic E-state index is 12.8. The number of nitrogens with zero attached hydrogens (tertiary/aromatic N) is 4. The number of aromatic nitrogens is 4. The number of amides is 1. The molecule has 2 aromatic carbocycles. The number of anilines is 1. The highest BCUT2D eigenvalue weighted by molar-refractivity contribution is 5.92. The zero-order valence-corrected chi connectivity index (χ0v) is 27.0. The van der Waals surface area contributed by atoms with Crippen molar-refractivity contribution in [2.75, 3.05) is 32.2 Å². The van der Waals surface area contributed by atoms with Gasteiger partial charge in [-0.3, -0.25) is 14.9 Å². The van der Waals surface area contributed by atoms with Crippen LogP contribution in [0.2, 0.25) is 0 Å². The predicted octanol–water partition coefficient (Wildman–Crippen LogP) is 5.14. The minimum Gasteiger partial charge on any atom is -0.489 e. The van der Waals surface area contributed by atoms with E-state index in [-0.39, 0.29) is 23.3 Å². The standard InChI is InChI=1S/C35H44N6O4/c1-34(2,24-44-21-27-14-10-11-17-36-27)23-35(3,4)26-15-16-30(29(19-26)41(5)6)45-22-28(20-42)37-33(43)32-38-31(39-40-32)18-25-12-8-7-9-13-25/h7-17,19-20,28H,18,21-24H2,1-6H3,(H,37,43)(H,38,39,40). The largest absolute Gasteiger partial charge is 0.489 e. The molecule has 10 heteroatoms. The molecule has 10 nitrogen and oxygen atoms in total. The lowest BCUT2D eigenvalue weighted by atomic mass is 9.71. The van der Waals surface area contributed by atoms with Crippen LogP contribution in [0.15, 0.2) is 72.9 Å². The van der Waals surface area contributed by atoms with E-state index in [4.69, 9.17) is 9.47 Å². The van der Waals surface area contributed by atoms with Gasteiger partial charge in [-0.1, -0.05) is 70.2 Å². The van der Waals surface area contributed by atoms with Crippen LogP contribution in [0.3, 0.4) is 0 Å². The average Bonchev–Trinajstić information content (AvgIpc) is 3.48. The fraction of sp³-hybridized carbons (Fsp3) is 0.400. The van der Waals surface area contributed by atoms with Gasteiger partial charge in [-0.25, -0.2) is 4.98 Å². The first-order valence-corrected chi connectivity index (χ1v) is 15.1. The molecule has 238 valence electrons. The zero-order chi connectivity index (χ0) is 32.5. The van der Waals surface area contributed by atoms with Crippen molar-refractivity contribution in [3.8, 4) is 5.75 Å². The van der Waals surface area contributed by atoms with Gasteiger partial charge in [0.15, 0.2) is 0 Å². The number of carbonyl (C=O) groups is 2. The van der Waals surface area contributed by atoms with E-state index in [0.29, 0.717) is 37.5 Å². The number of benzene rings is 2. The van der Waals surface area contributed by atoms with Crippen LogP contribution in [0.4, 0.5) is 5.69 Å². The SMILES string of the molecule is CN(C)c1cc(C(C)(C)CC(C)(C)COCc2ccccn2)ccc1OCC(C=O)NC(=O)c1n[nH]c(Cc2ccccc2)n1. The summed E-state index contributed by atoms with van der Waals surface area (Å²) < 4.78 is 12.1. The lowest BCUT2D eigenvalue weighted by molar-refractivity contribution is -0.110. The summed E-state index contributed by atoms with van der Waals surface area (Å²) in [7, 11) is 3.90. The first-order chi connectivity index (χ1) is 21.5. The summed E-state index contributed by atoms with van der Waals surface area (Å²) in [4.78, 5) is 35.2. The number of hydrogen-bond acceptors (Lipinski definition) is 8. The minimum atomic E-state index is -0.883. The normalized spacial score (nSPS) is 12.4. The third-order valence-electron chi connectivity index (χ3n) is 7.46. The monoisotopic (exact) mass is 612 g/mol. The van der Waals surface area contributed by atoms with Crippen LogP contribution in [-0.4, -0.2) is 65.7 Å². The van der Waals surface area contributed by atoms with Crippen LogP contribution in [-0.2, 0) is 28.0 Å². The molecule has 2 N–H and O–H groups in total. The van der Waals surface area contributed by atoms with E-state index in [2.05, 4.69) is 65.3 Å². The Hall–Kier alpha value is -4.57. The molecular weight excluding hydrogens is 568 g/mol. The molecule has 0 fully saturated rings. The molecule has 0 aliphatic rings. The van der Waals surface area contributed by atoms with E-state index in [0.717, 1.165) is 28.9 Å². The van der Waals surface area contributed by atoms with Gasteiger partial charge in [0, 0.05) is 26.7 Å². The third kappa shape index (κ3) is 9.71. The molecule has 1 unspecified atom stereocenters. The summed E-state index contributed by atoms with van der Waals surface area (Å²) in [6.45, 7) is 9.94. The fourth-order valence-electron chi connectivity index (χ4n) is 5.47. The second-order valence-electron chi connectivity index (χ2n) is 12.9. The highest BCUT2D eigenvalue weighted by Crippen LogP contribution is 2.40. The second-order valence-corrected chi connectivity index (χ2v) is 12.9. The summed E-state index contributed by atoms with van der Waals surface area (Å²) in [6.07, 6.45) is 3.83. The Bertz CT molecular complexity index is 1540. The van der Waals surface area contributed by atoms with Gasteiger partial charge in [0.25, 0.3) is 5.91 Å². The van der Waals surface area contributed by atoms with Crippen LogP contribution in [0.25, 0.3) is 0 Å². The summed E-state index contributed by atoms with van der Waals surface area (Å²) >= 11 is 0. The molecule has 4 rings (SSSR count). The van der Waals surface area contributed by atoms with Crippen LogP contribution in [0.1, 0.15) is 67.4 Å². The van der Waals surface area contributed by atoms with Crippen molar-refractivity contribution in [2.24, 2.45) is 5.41 Å². The molecule has 1 amide bonds. The van der Waals surface area contributed by atoms with E-state index < -0.39 is 11.9 Å². The van der Waals surface area contributed by atoms with Crippen LogP contribution >= 0.6 is 0 Å². The second kappa shape index (κ2) is 14.9. The molecule has 0 saturated heterocycles. The van der Waals surface area contributed by atoms with Crippen molar-refractivity contribution in [1.29, 1.82) is 0 Å². The predicted molar refractivity (Wildman–Crippen MR) is 175 cm³/mol. The lowest BCUT2D eigenvalue weighted by Crippen LogP contribution is -2.40. The molecule has 0 saturated carbocycles. The molecule has 0 aliphatic heterocycles. The van der Waals surface area contributed by atoms with Crippen molar-refractivity contribution in [2.45, 2.75) is 58.6 Å². The number of nitrogens with one attached hydrogen (secondary N) is 2. The molecule has 0 radical (unpaired) electrons. The summed E-state index contributed by atoms with van der Waals surface area (Å²) in [6, 6.07) is 20.8. The number of carbonyl (C=O) groups excluding carboxylic acids is 2. The minimum absolute atomic E-state index is 0.0293. The maximum absolute atomic E-state index is 12.8. The van der Waals surface area contributed by atoms with Crippen molar-refractivity contribution in [3.05, 3.63) is 101 Å². The van der Waals surface area contributed by atoms with Crippen molar-refractivity contribution >= 4 is 17.9 Å². The highest BCUT2D eigenvalue weighted by atomic mass is 16.5. The number of aldehydes is 1. The zero-order valence-electron chi connectivity index (χ0n) is 27.0. The number of pyridine rings is 1. The lowest BCUT2D eigenvalue weighted by Gasteiger charge is -2.36. The van der Waals surface area contributed by atoms with Crippen molar-refractivity contribution in [3.63, 3.8) is 0 Å². The number of ether oxygens (including phenoxy) is 2. The molecule has 2 aromatic heterocycles. The Balaban J connectivity index is 1.35. The van der Waals surface area contributed by atoms with Crippen molar-refractivity contribution < 1.29 is 19.1 Å². The Morgan fingerprint density at radius 3 is 2.49 bits per heavy atom. The Morgan fingerprint density at radius 1 is 1.04 bits per heavy atom. The van der Waals surface area contributed by atoms with Crippen LogP contribution < -0.4 is 15.0 Å². The summed E-state index contributed by atoms with van der Waals surface area (Å²) in [5.74, 6) is 0.590. The van der Waals surface area contributed by atoms with E-state index in [1.165, 1.54) is 0 Å². The molecule has 0 aliphatic carbocycles. The number of hydrogen-bond donors (Lipinski definition) is 2. The van der Waals surface area contributed by atoms with Gasteiger partial charge < -0.3 is 24.5 Å². The highest BCUT2D eigenvalue weighted by Gasteiger charge is 2.31. The van der Waals surface area contributed by atoms with Crippen molar-refractivity contribution in [1.82, 2.24) is 25.5 Å². The summed E-state index contributed by atoms with van der Waals surface area (Å²) in [5.41, 5.74) is 3.76. The first-order valence-electron chi connectivity index (χ1n) is 15.1. The topological polar surface area (TPSA) is 122 Å². The van der Waals surface area contributed by atoms with Crippen LogP contribution in [0, 0.1) is 5.41 Å². The van der Waals surface area contributed by atoms with Gasteiger partial charge in [-0.2, -0.15) is 0 Å². The molecule has 1 atom stereocenters. The van der Waals surface area contributed by atoms with E-state index in [1.807, 2.05) is 73.6 Å². The van der Waals surface area contributed by atoms with Gasteiger partial charge in [0.05, 0.1) is 24.6 Å². The van der Waals surface area contributed by atoms with Gasteiger partial charge in [-0.15, -0.1) is 5.10 Å². The third-order valence-corrected chi connectivity index (χ3v) is 7.46. The van der Waals surface area contributed by atoms with Gasteiger partial charge >= 0.3 is 0 Å². The maximum Gasteiger partial charge on any atom is 0.291 e. The van der Waals surface area contributed by atoms with E-state index in [9.17, 15) is 9.59 Å². The Kier molecular flexibility index (Phi) is 11.1. The van der Waals surface area contributed by atoms with Gasteiger partial charge in [0.1, 0.15) is 30.5 Å². The molecule has 0 spiro atoms. The number of H-pyrrole nitrogens is 1. The molecule has 45 heavy (non-hydrogen) atoms. The fourth-order valence-corrected chi connectivity index (χ4v) is 5.47. The van der Waals surface area contributed by atoms with Gasteiger partial charge in [0.2, 0.25) is 5.82 Å². The number of rotatable bonds is 16. The number of aromatic amines is 1. The summed E-state index contributed by atoms with van der Waals surface area (Å²) in [5, 5.41) is 9.48. The molecule has 4 aromatic rings. The Morgan fingerprint density at radius 2 is 1.80 bits per heavy atom. The molecule has 2 heterocycles. The van der Waals surface area contributed by atoms with Crippen LogP contribution in [0.5, 0.6) is 5.75 Å². The molecule has 0 bridgehead atoms. The molecular formula is C35H44N6O4. The van der Waals surface area contributed by atoms with Gasteiger partial charge in [-0.05, 0) is 52.6 Å². The van der Waals surface area contributed by atoms with E-state index >= 15 is 0 Å². The smallest absolute Gasteiger partial charge is 0.291 e. The quantitative estimate of drug-likeness (QED) is 0.167. The Labute approximate surface area is 265 Å². The first kappa shape index (κ1) is 33.3. The van der Waals surface area contributed by atoms with E-state index in [1.54, 1.807) is 6.20 Å².